The Morgan fingerprint density at radius 1 is 1.00 bits per heavy atom. The van der Waals surface area contributed by atoms with Crippen molar-refractivity contribution < 1.29 is 0 Å². The molecule has 2 radical (unpaired) electrons. The Hall–Kier alpha value is -0.0800. The largest absolute Gasteiger partial charge is 0.308 e. The van der Waals surface area contributed by atoms with Gasteiger partial charge in [0.05, 0.1) is 0 Å². The lowest BCUT2D eigenvalue weighted by atomic mass is 9.82. The van der Waals surface area contributed by atoms with Crippen molar-refractivity contribution >= 4 is 0 Å². The first-order valence-corrected chi connectivity index (χ1v) is 5.69. The highest BCUT2D eigenvalue weighted by atomic mass is 15.2. The van der Waals surface area contributed by atoms with Crippen LogP contribution in [0.3, 0.4) is 0 Å². The summed E-state index contributed by atoms with van der Waals surface area (Å²) in [7, 11) is 6.38. The molecule has 14 heavy (non-hydrogen) atoms. The molecule has 0 heterocycles. The van der Waals surface area contributed by atoms with E-state index in [1.165, 1.54) is 19.3 Å². The molecule has 0 atom stereocenters. The minimum Gasteiger partial charge on any atom is -0.308 e. The maximum atomic E-state index is 6.40. The lowest BCUT2D eigenvalue weighted by molar-refractivity contribution is 0.109. The Morgan fingerprint density at radius 3 is 2.07 bits per heavy atom. The second kappa shape index (κ2) is 5.13. The molecular formula is C12H24N2. The van der Waals surface area contributed by atoms with Gasteiger partial charge in [0.25, 0.3) is 0 Å². The number of hydrogen-bond acceptors (Lipinski definition) is 2. The maximum Gasteiger partial charge on any atom is 0.0242 e. The molecule has 1 aliphatic carbocycles. The zero-order chi connectivity index (χ0) is 10.6. The van der Waals surface area contributed by atoms with Crippen LogP contribution in [-0.2, 0) is 0 Å². The molecule has 0 aromatic carbocycles. The number of likely N-dealkylation sites (N-methyl/N-ethyl adjacent to an activating group) is 2. The fraction of sp³-hybridized carbons (Fsp3) is 0.917. The minimum absolute atomic E-state index is 0.0196. The van der Waals surface area contributed by atoms with Crippen molar-refractivity contribution in [2.45, 2.75) is 37.6 Å². The minimum atomic E-state index is -0.0196. The van der Waals surface area contributed by atoms with Gasteiger partial charge in [-0.1, -0.05) is 19.3 Å². The molecule has 0 aliphatic heterocycles. The fourth-order valence-corrected chi connectivity index (χ4v) is 2.12. The highest BCUT2D eigenvalue weighted by Gasteiger charge is 2.30. The highest BCUT2D eigenvalue weighted by molar-refractivity contribution is 4.94. The van der Waals surface area contributed by atoms with E-state index in [0.717, 1.165) is 25.9 Å². The zero-order valence-electron chi connectivity index (χ0n) is 9.92. The molecule has 2 heteroatoms. The second-order valence-electron chi connectivity index (χ2n) is 4.89. The summed E-state index contributed by atoms with van der Waals surface area (Å²) in [6.07, 6.45) is 6.28. The molecule has 0 unspecified atom stereocenters. The van der Waals surface area contributed by atoms with Crippen LogP contribution < -0.4 is 0 Å². The molecule has 0 aromatic heterocycles. The fourth-order valence-electron chi connectivity index (χ4n) is 2.12. The number of hydrogen-bond donors (Lipinski definition) is 0. The van der Waals surface area contributed by atoms with Crippen molar-refractivity contribution in [3.8, 4) is 0 Å². The molecule has 1 rings (SSSR count). The second-order valence-corrected chi connectivity index (χ2v) is 4.89. The van der Waals surface area contributed by atoms with Crippen LogP contribution in [0.25, 0.3) is 0 Å². The van der Waals surface area contributed by atoms with Crippen molar-refractivity contribution in [2.75, 3.05) is 34.2 Å². The first-order valence-electron chi connectivity index (χ1n) is 5.69. The van der Waals surface area contributed by atoms with Crippen LogP contribution in [0.5, 0.6) is 0 Å². The third-order valence-electron chi connectivity index (χ3n) is 3.36. The van der Waals surface area contributed by atoms with Crippen LogP contribution >= 0.6 is 0 Å². The van der Waals surface area contributed by atoms with E-state index in [9.17, 15) is 0 Å². The van der Waals surface area contributed by atoms with E-state index in [-0.39, 0.29) is 5.54 Å². The van der Waals surface area contributed by atoms with Gasteiger partial charge in [0.2, 0.25) is 0 Å². The van der Waals surface area contributed by atoms with Gasteiger partial charge in [0.15, 0.2) is 0 Å². The van der Waals surface area contributed by atoms with Gasteiger partial charge in [0, 0.05) is 18.6 Å². The quantitative estimate of drug-likeness (QED) is 0.677. The predicted octanol–water partition coefficient (Wildman–Crippen LogP) is 1.89. The van der Waals surface area contributed by atoms with Gasteiger partial charge in [-0.3, -0.25) is 4.90 Å². The summed E-state index contributed by atoms with van der Waals surface area (Å²) in [5.41, 5.74) is -0.0196. The van der Waals surface area contributed by atoms with Crippen molar-refractivity contribution in [3.05, 3.63) is 6.92 Å². The molecule has 0 amide bonds. The Labute approximate surface area is 89.3 Å². The van der Waals surface area contributed by atoms with Gasteiger partial charge in [0.1, 0.15) is 0 Å². The molecule has 1 aliphatic rings. The van der Waals surface area contributed by atoms with Crippen molar-refractivity contribution in [3.63, 3.8) is 0 Å². The summed E-state index contributed by atoms with van der Waals surface area (Å²) < 4.78 is 0. The van der Waals surface area contributed by atoms with E-state index < -0.39 is 0 Å². The first-order chi connectivity index (χ1) is 6.54. The SMILES string of the molecule is [CH]C1(N(C)CCN(C)C)CCCCC1. The molecule has 0 bridgehead atoms. The Kier molecular flexibility index (Phi) is 4.39. The van der Waals surface area contributed by atoms with Gasteiger partial charge in [-0.05, 0) is 40.9 Å². The van der Waals surface area contributed by atoms with Crippen LogP contribution in [0, 0.1) is 6.92 Å². The Bertz CT molecular complexity index is 160. The molecule has 1 saturated carbocycles. The molecule has 0 aromatic rings. The van der Waals surface area contributed by atoms with Crippen molar-refractivity contribution in [2.24, 2.45) is 0 Å². The molecule has 2 nitrogen and oxygen atoms in total. The summed E-state index contributed by atoms with van der Waals surface area (Å²) in [5, 5.41) is 0. The summed E-state index contributed by atoms with van der Waals surface area (Å²) in [6.45, 7) is 8.56. The van der Waals surface area contributed by atoms with Crippen LogP contribution in [0.4, 0.5) is 0 Å². The molecule has 1 fully saturated rings. The Balaban J connectivity index is 2.36. The molecule has 0 spiro atoms. The third-order valence-corrected chi connectivity index (χ3v) is 3.36. The van der Waals surface area contributed by atoms with Crippen LogP contribution in [0.2, 0.25) is 0 Å². The van der Waals surface area contributed by atoms with Crippen LogP contribution in [0.15, 0.2) is 0 Å². The van der Waals surface area contributed by atoms with Gasteiger partial charge in [-0.15, -0.1) is 0 Å². The average molecular weight is 196 g/mol. The monoisotopic (exact) mass is 196 g/mol. The van der Waals surface area contributed by atoms with Gasteiger partial charge in [-0.2, -0.15) is 0 Å². The van der Waals surface area contributed by atoms with E-state index in [1.807, 2.05) is 0 Å². The summed E-state index contributed by atoms with van der Waals surface area (Å²) >= 11 is 0. The summed E-state index contributed by atoms with van der Waals surface area (Å²) in [4.78, 5) is 4.55. The predicted molar refractivity (Wildman–Crippen MR) is 61.3 cm³/mol. The molecule has 0 N–H and O–H groups in total. The topological polar surface area (TPSA) is 6.48 Å². The average Bonchev–Trinajstić information content (AvgIpc) is 2.15. The van der Waals surface area contributed by atoms with E-state index in [2.05, 4.69) is 30.9 Å². The summed E-state index contributed by atoms with van der Waals surface area (Å²) in [6, 6.07) is 0. The molecule has 82 valence electrons. The number of rotatable bonds is 4. The van der Waals surface area contributed by atoms with E-state index in [1.54, 1.807) is 0 Å². The van der Waals surface area contributed by atoms with Crippen LogP contribution in [0.1, 0.15) is 32.1 Å². The van der Waals surface area contributed by atoms with E-state index >= 15 is 0 Å². The number of nitrogens with zero attached hydrogens (tertiary/aromatic N) is 2. The zero-order valence-corrected chi connectivity index (χ0v) is 9.92. The normalized spacial score (nSPS) is 21.9. The maximum absolute atomic E-state index is 6.40. The standard InChI is InChI=1S/C12H24N2/c1-12(8-6-5-7-9-12)14(4)11-10-13(2)3/h1H,5-11H2,2-4H3. The van der Waals surface area contributed by atoms with E-state index in [4.69, 9.17) is 6.92 Å². The Morgan fingerprint density at radius 2 is 1.57 bits per heavy atom. The molecular weight excluding hydrogens is 172 g/mol. The summed E-state index contributed by atoms with van der Waals surface area (Å²) in [5.74, 6) is 0. The van der Waals surface area contributed by atoms with E-state index in [0.29, 0.717) is 0 Å². The highest BCUT2D eigenvalue weighted by Crippen LogP contribution is 2.31. The lowest BCUT2D eigenvalue weighted by Gasteiger charge is -2.42. The van der Waals surface area contributed by atoms with Crippen molar-refractivity contribution in [1.82, 2.24) is 9.80 Å². The van der Waals surface area contributed by atoms with Gasteiger partial charge < -0.3 is 4.90 Å². The van der Waals surface area contributed by atoms with Crippen LogP contribution in [-0.4, -0.2) is 49.6 Å². The lowest BCUT2D eigenvalue weighted by Crippen LogP contribution is -2.47. The van der Waals surface area contributed by atoms with Gasteiger partial charge >= 0.3 is 0 Å². The third kappa shape index (κ3) is 3.25. The van der Waals surface area contributed by atoms with Crippen molar-refractivity contribution in [1.29, 1.82) is 0 Å². The first kappa shape index (κ1) is 12.0. The van der Waals surface area contributed by atoms with Gasteiger partial charge in [-0.25, -0.2) is 0 Å². The molecule has 0 saturated heterocycles. The smallest absolute Gasteiger partial charge is 0.0242 e.